The molecule has 1 amide bonds. The Labute approximate surface area is 124 Å². The number of fused-ring (bicyclic) bond motifs is 1. The molecule has 2 rings (SSSR count). The van der Waals surface area contributed by atoms with Gasteiger partial charge in [-0.2, -0.15) is 0 Å². The van der Waals surface area contributed by atoms with Crippen LogP contribution < -0.4 is 11.1 Å². The van der Waals surface area contributed by atoms with Crippen LogP contribution in [-0.2, 0) is 17.6 Å². The van der Waals surface area contributed by atoms with E-state index >= 15 is 0 Å². The van der Waals surface area contributed by atoms with E-state index in [9.17, 15) is 4.79 Å². The van der Waals surface area contributed by atoms with Crippen molar-refractivity contribution in [2.45, 2.75) is 58.1 Å². The molecule has 0 bridgehead atoms. The van der Waals surface area contributed by atoms with Gasteiger partial charge in [0.2, 0.25) is 0 Å². The minimum atomic E-state index is -0.488. The monoisotopic (exact) mass is 296 g/mol. The number of ether oxygens (including phenoxy) is 1. The minimum absolute atomic E-state index is 0.152. The Morgan fingerprint density at radius 1 is 1.45 bits per heavy atom. The molecule has 20 heavy (non-hydrogen) atoms. The average molecular weight is 296 g/mol. The zero-order valence-corrected chi connectivity index (χ0v) is 13.3. The number of amides is 1. The van der Waals surface area contributed by atoms with Crippen molar-refractivity contribution < 1.29 is 9.53 Å². The molecule has 1 aromatic heterocycles. The van der Waals surface area contributed by atoms with Gasteiger partial charge < -0.3 is 15.8 Å². The first-order valence-electron chi connectivity index (χ1n) is 7.20. The molecule has 1 aliphatic carbocycles. The zero-order valence-electron chi connectivity index (χ0n) is 12.5. The van der Waals surface area contributed by atoms with E-state index in [4.69, 9.17) is 10.5 Å². The Kier molecular flexibility index (Phi) is 4.70. The summed E-state index contributed by atoms with van der Waals surface area (Å²) in [6.07, 6.45) is 4.42. The van der Waals surface area contributed by atoms with E-state index in [0.717, 1.165) is 17.7 Å². The third-order valence-electron chi connectivity index (χ3n) is 3.29. The fourth-order valence-electron chi connectivity index (χ4n) is 2.38. The van der Waals surface area contributed by atoms with Crippen molar-refractivity contribution in [3.63, 3.8) is 0 Å². The van der Waals surface area contributed by atoms with Crippen molar-refractivity contribution in [1.29, 1.82) is 0 Å². The second-order valence-electron chi connectivity index (χ2n) is 6.24. The smallest absolute Gasteiger partial charge is 0.408 e. The zero-order chi connectivity index (χ0) is 14.8. The normalized spacial score (nSPS) is 16.4. The van der Waals surface area contributed by atoms with E-state index in [1.807, 2.05) is 20.8 Å². The third-order valence-corrected chi connectivity index (χ3v) is 4.64. The maximum absolute atomic E-state index is 11.9. The summed E-state index contributed by atoms with van der Waals surface area (Å²) in [6, 6.07) is 2.05. The van der Waals surface area contributed by atoms with Gasteiger partial charge in [0, 0.05) is 16.3 Å². The molecule has 0 spiro atoms. The minimum Gasteiger partial charge on any atom is -0.444 e. The molecule has 1 aliphatic rings. The number of aryl methyl sites for hydroxylation is 2. The number of rotatable bonds is 3. The second-order valence-corrected chi connectivity index (χ2v) is 7.41. The van der Waals surface area contributed by atoms with Gasteiger partial charge in [0.05, 0.1) is 6.04 Å². The van der Waals surface area contributed by atoms with Crippen LogP contribution in [0.1, 0.15) is 55.0 Å². The molecule has 4 nitrogen and oxygen atoms in total. The molecule has 1 heterocycles. The summed E-state index contributed by atoms with van der Waals surface area (Å²) >= 11 is 1.78. The molecule has 0 saturated carbocycles. The van der Waals surface area contributed by atoms with E-state index in [-0.39, 0.29) is 6.04 Å². The molecule has 0 saturated heterocycles. The summed E-state index contributed by atoms with van der Waals surface area (Å²) < 4.78 is 5.29. The van der Waals surface area contributed by atoms with E-state index < -0.39 is 11.7 Å². The number of hydrogen-bond acceptors (Lipinski definition) is 4. The molecule has 0 aliphatic heterocycles. The van der Waals surface area contributed by atoms with Crippen molar-refractivity contribution in [1.82, 2.24) is 5.32 Å². The number of carbonyl (C=O) groups excluding carboxylic acids is 1. The van der Waals surface area contributed by atoms with Crippen LogP contribution in [-0.4, -0.2) is 18.2 Å². The van der Waals surface area contributed by atoms with Gasteiger partial charge in [-0.3, -0.25) is 0 Å². The first kappa shape index (κ1) is 15.3. The van der Waals surface area contributed by atoms with Crippen LogP contribution in [0.4, 0.5) is 4.79 Å². The maximum Gasteiger partial charge on any atom is 0.408 e. The number of carbonyl (C=O) groups is 1. The van der Waals surface area contributed by atoms with Crippen LogP contribution in [0.2, 0.25) is 0 Å². The van der Waals surface area contributed by atoms with Crippen LogP contribution >= 0.6 is 11.3 Å². The summed E-state index contributed by atoms with van der Waals surface area (Å²) in [4.78, 5) is 14.5. The molecule has 0 fully saturated rings. The predicted molar refractivity (Wildman–Crippen MR) is 82.1 cm³/mol. The largest absolute Gasteiger partial charge is 0.444 e. The lowest BCUT2D eigenvalue weighted by atomic mass is 9.99. The highest BCUT2D eigenvalue weighted by atomic mass is 32.1. The summed E-state index contributed by atoms with van der Waals surface area (Å²) in [7, 11) is 0. The number of thiophene rings is 1. The van der Waals surface area contributed by atoms with Gasteiger partial charge in [-0.15, -0.1) is 11.3 Å². The van der Waals surface area contributed by atoms with Gasteiger partial charge in [0.1, 0.15) is 5.60 Å². The summed E-state index contributed by atoms with van der Waals surface area (Å²) in [5.74, 6) is 0. The van der Waals surface area contributed by atoms with Crippen molar-refractivity contribution in [3.8, 4) is 0 Å². The molecule has 0 aromatic carbocycles. The number of alkyl carbamates (subject to hydrolysis) is 1. The van der Waals surface area contributed by atoms with Gasteiger partial charge in [0.25, 0.3) is 0 Å². The number of nitrogens with one attached hydrogen (secondary N) is 1. The highest BCUT2D eigenvalue weighted by Gasteiger charge is 2.22. The van der Waals surface area contributed by atoms with Crippen molar-refractivity contribution >= 4 is 17.4 Å². The van der Waals surface area contributed by atoms with Crippen LogP contribution in [0.5, 0.6) is 0 Å². The van der Waals surface area contributed by atoms with Crippen LogP contribution in [0.25, 0.3) is 0 Å². The summed E-state index contributed by atoms with van der Waals surface area (Å²) in [5, 5.41) is 2.87. The predicted octanol–water partition coefficient (Wildman–Crippen LogP) is 3.15. The fourth-order valence-corrected chi connectivity index (χ4v) is 3.70. The molecule has 3 N–H and O–H groups in total. The maximum atomic E-state index is 11.9. The Hall–Kier alpha value is -1.07. The van der Waals surface area contributed by atoms with Crippen molar-refractivity contribution in [3.05, 3.63) is 21.4 Å². The Bertz CT molecular complexity index is 453. The van der Waals surface area contributed by atoms with Gasteiger partial charge in [-0.1, -0.05) is 0 Å². The first-order chi connectivity index (χ1) is 9.39. The Morgan fingerprint density at radius 2 is 2.15 bits per heavy atom. The fraction of sp³-hybridized carbons (Fsp3) is 0.667. The Morgan fingerprint density at radius 3 is 2.75 bits per heavy atom. The van der Waals surface area contributed by atoms with Gasteiger partial charge >= 0.3 is 6.09 Å². The SMILES string of the molecule is CC(C)(C)OC(=O)NC(CN)c1cc2c(s1)CCCC2. The van der Waals surface area contributed by atoms with Crippen molar-refractivity contribution in [2.24, 2.45) is 5.73 Å². The number of nitrogens with two attached hydrogens (primary N) is 1. The lowest BCUT2D eigenvalue weighted by Gasteiger charge is -2.22. The molecule has 1 aromatic rings. The first-order valence-corrected chi connectivity index (χ1v) is 8.02. The molecular weight excluding hydrogens is 272 g/mol. The lowest BCUT2D eigenvalue weighted by Crippen LogP contribution is -2.37. The van der Waals surface area contributed by atoms with E-state index in [0.29, 0.717) is 6.54 Å². The van der Waals surface area contributed by atoms with E-state index in [2.05, 4.69) is 11.4 Å². The summed E-state index contributed by atoms with van der Waals surface area (Å²) in [6.45, 7) is 5.95. The lowest BCUT2D eigenvalue weighted by molar-refractivity contribution is 0.0506. The third kappa shape index (κ3) is 3.96. The van der Waals surface area contributed by atoms with Crippen LogP contribution in [0.3, 0.4) is 0 Å². The quantitative estimate of drug-likeness (QED) is 0.900. The van der Waals surface area contributed by atoms with E-state index in [1.54, 1.807) is 11.3 Å². The van der Waals surface area contributed by atoms with Crippen molar-refractivity contribution in [2.75, 3.05) is 6.54 Å². The average Bonchev–Trinajstić information content (AvgIpc) is 2.77. The van der Waals surface area contributed by atoms with Gasteiger partial charge in [-0.05, 0) is 58.1 Å². The molecule has 0 radical (unpaired) electrons. The number of hydrogen-bond donors (Lipinski definition) is 2. The van der Waals surface area contributed by atoms with Gasteiger partial charge in [0.15, 0.2) is 0 Å². The molecule has 112 valence electrons. The highest BCUT2D eigenvalue weighted by Crippen LogP contribution is 2.32. The topological polar surface area (TPSA) is 64.3 Å². The molecule has 5 heteroatoms. The molecular formula is C15H24N2O2S. The standard InChI is InChI=1S/C15H24N2O2S/c1-15(2,3)19-14(18)17-11(9-16)13-8-10-6-4-5-7-12(10)20-13/h8,11H,4-7,9,16H2,1-3H3,(H,17,18). The highest BCUT2D eigenvalue weighted by molar-refractivity contribution is 7.12. The van der Waals surface area contributed by atoms with Gasteiger partial charge in [-0.25, -0.2) is 4.79 Å². The second kappa shape index (κ2) is 6.14. The van der Waals surface area contributed by atoms with E-state index in [1.165, 1.54) is 23.3 Å². The van der Waals surface area contributed by atoms with Crippen LogP contribution in [0.15, 0.2) is 6.07 Å². The molecule has 1 unspecified atom stereocenters. The van der Waals surface area contributed by atoms with Crippen LogP contribution in [0, 0.1) is 0 Å². The summed E-state index contributed by atoms with van der Waals surface area (Å²) in [5.41, 5.74) is 6.75. The molecule has 1 atom stereocenters. The Balaban J connectivity index is 2.04.